The van der Waals surface area contributed by atoms with Gasteiger partial charge in [-0.15, -0.1) is 0 Å². The van der Waals surface area contributed by atoms with Crippen molar-refractivity contribution in [2.75, 3.05) is 13.1 Å². The lowest BCUT2D eigenvalue weighted by Crippen LogP contribution is -2.38. The molecule has 1 aliphatic rings. The van der Waals surface area contributed by atoms with Gasteiger partial charge in [0.2, 0.25) is 5.91 Å². The zero-order valence-electron chi connectivity index (χ0n) is 10.8. The summed E-state index contributed by atoms with van der Waals surface area (Å²) in [6.07, 6.45) is 1.34. The molecule has 1 heterocycles. The van der Waals surface area contributed by atoms with Crippen molar-refractivity contribution in [3.63, 3.8) is 0 Å². The Kier molecular flexibility index (Phi) is 4.15. The number of hydrogen-bond acceptors (Lipinski definition) is 2. The monoisotopic (exact) mass is 244 g/mol. The number of rotatable bonds is 4. The van der Waals surface area contributed by atoms with Crippen molar-refractivity contribution in [3.8, 4) is 0 Å². The van der Waals surface area contributed by atoms with Crippen LogP contribution in [-0.4, -0.2) is 29.9 Å². The maximum absolute atomic E-state index is 11.3. The highest BCUT2D eigenvalue weighted by Crippen LogP contribution is 2.18. The molecular formula is C15H20N2O. The number of hydrogen-bond donors (Lipinski definition) is 1. The van der Waals surface area contributed by atoms with Crippen LogP contribution in [0.2, 0.25) is 0 Å². The van der Waals surface area contributed by atoms with Gasteiger partial charge in [0.05, 0.1) is 0 Å². The standard InChI is InChI=1S/C15H20N2O/c1-3-15(18)16-14-11-17(9-12(14)2)10-13-7-5-4-6-8-13/h3-8,12,14H,1,9-11H2,2H3,(H,16,18). The van der Waals surface area contributed by atoms with E-state index in [2.05, 4.69) is 48.0 Å². The van der Waals surface area contributed by atoms with Crippen LogP contribution in [0, 0.1) is 5.92 Å². The molecule has 18 heavy (non-hydrogen) atoms. The first-order chi connectivity index (χ1) is 8.69. The summed E-state index contributed by atoms with van der Waals surface area (Å²) < 4.78 is 0. The fourth-order valence-electron chi connectivity index (χ4n) is 2.47. The summed E-state index contributed by atoms with van der Waals surface area (Å²) in [5.41, 5.74) is 1.32. The Balaban J connectivity index is 1.90. The summed E-state index contributed by atoms with van der Waals surface area (Å²) in [5, 5.41) is 3.00. The van der Waals surface area contributed by atoms with Gasteiger partial charge in [0.25, 0.3) is 0 Å². The number of nitrogens with one attached hydrogen (secondary N) is 1. The van der Waals surface area contributed by atoms with E-state index in [-0.39, 0.29) is 11.9 Å². The van der Waals surface area contributed by atoms with Crippen molar-refractivity contribution >= 4 is 5.91 Å². The molecule has 96 valence electrons. The van der Waals surface area contributed by atoms with E-state index in [0.717, 1.165) is 19.6 Å². The lowest BCUT2D eigenvalue weighted by Gasteiger charge is -2.16. The first-order valence-corrected chi connectivity index (χ1v) is 6.38. The summed E-state index contributed by atoms with van der Waals surface area (Å²) in [5.74, 6) is 0.408. The van der Waals surface area contributed by atoms with Gasteiger partial charge in [-0.2, -0.15) is 0 Å². The number of carbonyl (C=O) groups excluding carboxylic acids is 1. The lowest BCUT2D eigenvalue weighted by atomic mass is 10.1. The fraction of sp³-hybridized carbons (Fsp3) is 0.400. The van der Waals surface area contributed by atoms with Crippen molar-refractivity contribution in [1.29, 1.82) is 0 Å². The van der Waals surface area contributed by atoms with Crippen molar-refractivity contribution in [2.45, 2.75) is 19.5 Å². The van der Waals surface area contributed by atoms with Gasteiger partial charge in [-0.05, 0) is 17.6 Å². The Bertz CT molecular complexity index is 416. The zero-order valence-corrected chi connectivity index (χ0v) is 10.8. The van der Waals surface area contributed by atoms with E-state index in [1.54, 1.807) is 0 Å². The molecule has 0 aliphatic carbocycles. The summed E-state index contributed by atoms with van der Waals surface area (Å²) in [7, 11) is 0. The van der Waals surface area contributed by atoms with Gasteiger partial charge in [-0.1, -0.05) is 43.8 Å². The van der Waals surface area contributed by atoms with Gasteiger partial charge < -0.3 is 5.32 Å². The largest absolute Gasteiger partial charge is 0.348 e. The van der Waals surface area contributed by atoms with E-state index in [1.165, 1.54) is 11.6 Å². The van der Waals surface area contributed by atoms with E-state index in [1.807, 2.05) is 6.07 Å². The Morgan fingerprint density at radius 3 is 2.83 bits per heavy atom. The van der Waals surface area contributed by atoms with Gasteiger partial charge in [0, 0.05) is 25.7 Å². The molecule has 0 aromatic heterocycles. The average Bonchev–Trinajstić information content (AvgIpc) is 2.70. The minimum atomic E-state index is -0.0755. The molecule has 0 radical (unpaired) electrons. The maximum Gasteiger partial charge on any atom is 0.243 e. The lowest BCUT2D eigenvalue weighted by molar-refractivity contribution is -0.117. The molecule has 1 amide bonds. The third kappa shape index (κ3) is 3.20. The molecule has 1 aliphatic heterocycles. The van der Waals surface area contributed by atoms with Gasteiger partial charge in [0.1, 0.15) is 0 Å². The Hall–Kier alpha value is -1.61. The van der Waals surface area contributed by atoms with Crippen molar-refractivity contribution in [3.05, 3.63) is 48.6 Å². The summed E-state index contributed by atoms with van der Waals surface area (Å²) >= 11 is 0. The fourth-order valence-corrected chi connectivity index (χ4v) is 2.47. The van der Waals surface area contributed by atoms with Crippen LogP contribution in [0.25, 0.3) is 0 Å². The molecule has 3 heteroatoms. The van der Waals surface area contributed by atoms with Crippen molar-refractivity contribution in [2.24, 2.45) is 5.92 Å². The zero-order chi connectivity index (χ0) is 13.0. The Morgan fingerprint density at radius 2 is 2.17 bits per heavy atom. The van der Waals surface area contributed by atoms with Gasteiger partial charge in [0.15, 0.2) is 0 Å². The molecule has 0 spiro atoms. The predicted molar refractivity (Wildman–Crippen MR) is 73.0 cm³/mol. The number of likely N-dealkylation sites (tertiary alicyclic amines) is 1. The summed E-state index contributed by atoms with van der Waals surface area (Å²) in [6, 6.07) is 10.7. The molecule has 2 rings (SSSR count). The minimum Gasteiger partial charge on any atom is -0.348 e. The minimum absolute atomic E-state index is 0.0755. The molecule has 0 bridgehead atoms. The predicted octanol–water partition coefficient (Wildman–Crippen LogP) is 1.81. The molecule has 1 aromatic carbocycles. The number of amides is 1. The molecule has 3 nitrogen and oxygen atoms in total. The molecule has 1 aromatic rings. The quantitative estimate of drug-likeness (QED) is 0.819. The SMILES string of the molecule is C=CC(=O)NC1CN(Cc2ccccc2)CC1C. The molecule has 1 saturated heterocycles. The molecular weight excluding hydrogens is 224 g/mol. The number of nitrogens with zero attached hydrogens (tertiary/aromatic N) is 1. The number of benzene rings is 1. The molecule has 2 atom stereocenters. The van der Waals surface area contributed by atoms with Gasteiger partial charge in [-0.3, -0.25) is 9.69 Å². The second-order valence-electron chi connectivity index (χ2n) is 4.98. The van der Waals surface area contributed by atoms with Crippen LogP contribution < -0.4 is 5.32 Å². The third-order valence-corrected chi connectivity index (χ3v) is 3.45. The third-order valence-electron chi connectivity index (χ3n) is 3.45. The van der Waals surface area contributed by atoms with Crippen LogP contribution >= 0.6 is 0 Å². The Labute approximate surface area is 108 Å². The Morgan fingerprint density at radius 1 is 1.44 bits per heavy atom. The molecule has 0 saturated carbocycles. The highest BCUT2D eigenvalue weighted by Gasteiger charge is 2.29. The van der Waals surface area contributed by atoms with E-state index in [4.69, 9.17) is 0 Å². The smallest absolute Gasteiger partial charge is 0.243 e. The number of carbonyl (C=O) groups is 1. The van der Waals surface area contributed by atoms with Crippen LogP contribution in [0.3, 0.4) is 0 Å². The first-order valence-electron chi connectivity index (χ1n) is 6.38. The van der Waals surface area contributed by atoms with Crippen LogP contribution in [-0.2, 0) is 11.3 Å². The molecule has 1 fully saturated rings. The van der Waals surface area contributed by atoms with Crippen LogP contribution in [0.1, 0.15) is 12.5 Å². The molecule has 2 unspecified atom stereocenters. The topological polar surface area (TPSA) is 32.3 Å². The second-order valence-corrected chi connectivity index (χ2v) is 4.98. The normalized spacial score (nSPS) is 23.8. The first kappa shape index (κ1) is 12.8. The average molecular weight is 244 g/mol. The summed E-state index contributed by atoms with van der Waals surface area (Å²) in [6.45, 7) is 8.56. The molecule has 1 N–H and O–H groups in total. The van der Waals surface area contributed by atoms with Gasteiger partial charge in [-0.25, -0.2) is 0 Å². The van der Waals surface area contributed by atoms with E-state index >= 15 is 0 Å². The van der Waals surface area contributed by atoms with E-state index < -0.39 is 0 Å². The van der Waals surface area contributed by atoms with Crippen molar-refractivity contribution < 1.29 is 4.79 Å². The van der Waals surface area contributed by atoms with E-state index in [9.17, 15) is 4.79 Å². The second kappa shape index (κ2) is 5.83. The highest BCUT2D eigenvalue weighted by atomic mass is 16.1. The highest BCUT2D eigenvalue weighted by molar-refractivity contribution is 5.87. The van der Waals surface area contributed by atoms with Crippen molar-refractivity contribution in [1.82, 2.24) is 10.2 Å². The summed E-state index contributed by atoms with van der Waals surface area (Å²) in [4.78, 5) is 13.7. The van der Waals surface area contributed by atoms with Crippen LogP contribution in [0.4, 0.5) is 0 Å². The van der Waals surface area contributed by atoms with E-state index in [0.29, 0.717) is 5.92 Å². The maximum atomic E-state index is 11.3. The van der Waals surface area contributed by atoms with Crippen LogP contribution in [0.5, 0.6) is 0 Å². The van der Waals surface area contributed by atoms with Gasteiger partial charge >= 0.3 is 0 Å². The van der Waals surface area contributed by atoms with Crippen LogP contribution in [0.15, 0.2) is 43.0 Å².